The Bertz CT molecular complexity index is 1400. The van der Waals surface area contributed by atoms with E-state index in [2.05, 4.69) is 5.32 Å². The molecule has 1 atom stereocenters. The maximum Gasteiger partial charge on any atom is 0.252 e. The number of carbonyl (C=O) groups is 2. The predicted octanol–water partition coefficient (Wildman–Crippen LogP) is 5.96. The van der Waals surface area contributed by atoms with Gasteiger partial charge < -0.3 is 10.2 Å². The molecule has 0 unspecified atom stereocenters. The number of para-hydroxylation sites is 1. The van der Waals surface area contributed by atoms with Crippen LogP contribution in [0.1, 0.15) is 47.3 Å². The monoisotopic (exact) mass is 487 g/mol. The average Bonchev–Trinajstić information content (AvgIpc) is 3.54. The predicted molar refractivity (Wildman–Crippen MR) is 137 cm³/mol. The van der Waals surface area contributed by atoms with Gasteiger partial charge in [0.2, 0.25) is 5.91 Å². The zero-order valence-electron chi connectivity index (χ0n) is 19.6. The summed E-state index contributed by atoms with van der Waals surface area (Å²) in [5.41, 5.74) is 4.28. The molecule has 5 rings (SSSR count). The zero-order valence-corrected chi connectivity index (χ0v) is 20.4. The number of aromatic nitrogens is 1. The highest BCUT2D eigenvalue weighted by atomic mass is 32.1. The molecule has 1 fully saturated rings. The standard InChI is InChI=1S/C28H26FN3O2S/c1-17(33)32(2)15-23-25(22-8-3-4-9-24(22)30-27(23)20-12-13-35-16-20)28(34)31-26(18-10-11-18)19-6-5-7-21(29)14-19/h3-9,12-14,16,18,26H,10-11,15H2,1-2H3,(H,31,34)/t26-/m0/s1. The number of amides is 2. The van der Waals surface area contributed by atoms with Gasteiger partial charge in [0.15, 0.2) is 0 Å². The number of carbonyl (C=O) groups excluding carboxylic acids is 2. The first-order valence-electron chi connectivity index (χ1n) is 11.6. The number of halogens is 1. The van der Waals surface area contributed by atoms with E-state index in [9.17, 15) is 14.0 Å². The fourth-order valence-electron chi connectivity index (χ4n) is 4.47. The number of hydrogen-bond donors (Lipinski definition) is 1. The number of nitrogens with zero attached hydrogens (tertiary/aromatic N) is 2. The molecule has 0 spiro atoms. The minimum Gasteiger partial charge on any atom is -0.345 e. The Labute approximate surface area is 207 Å². The smallest absolute Gasteiger partial charge is 0.252 e. The molecule has 2 amide bonds. The van der Waals surface area contributed by atoms with Crippen LogP contribution in [-0.2, 0) is 11.3 Å². The van der Waals surface area contributed by atoms with Crippen molar-refractivity contribution < 1.29 is 14.0 Å². The maximum atomic E-state index is 14.0. The quantitative estimate of drug-likeness (QED) is 0.350. The van der Waals surface area contributed by atoms with Gasteiger partial charge in [-0.05, 0) is 54.0 Å². The van der Waals surface area contributed by atoms with Crippen molar-refractivity contribution in [1.82, 2.24) is 15.2 Å². The van der Waals surface area contributed by atoms with Crippen LogP contribution >= 0.6 is 11.3 Å². The highest BCUT2D eigenvalue weighted by molar-refractivity contribution is 7.08. The van der Waals surface area contributed by atoms with Gasteiger partial charge in [-0.25, -0.2) is 9.37 Å². The molecule has 0 bridgehead atoms. The fraction of sp³-hybridized carbons (Fsp3) is 0.250. The van der Waals surface area contributed by atoms with Crippen molar-refractivity contribution in [3.8, 4) is 11.3 Å². The van der Waals surface area contributed by atoms with E-state index >= 15 is 0 Å². The van der Waals surface area contributed by atoms with E-state index < -0.39 is 0 Å². The first kappa shape index (κ1) is 23.2. The molecule has 0 radical (unpaired) electrons. The van der Waals surface area contributed by atoms with Crippen LogP contribution in [0.3, 0.4) is 0 Å². The highest BCUT2D eigenvalue weighted by Crippen LogP contribution is 2.42. The van der Waals surface area contributed by atoms with E-state index in [-0.39, 0.29) is 36.1 Å². The van der Waals surface area contributed by atoms with Crippen molar-refractivity contribution in [2.45, 2.75) is 32.4 Å². The number of pyridine rings is 1. The zero-order chi connectivity index (χ0) is 24.5. The Hall–Kier alpha value is -3.58. The molecule has 0 saturated heterocycles. The molecule has 1 aliphatic rings. The molecule has 7 heteroatoms. The van der Waals surface area contributed by atoms with Gasteiger partial charge in [0.05, 0.1) is 22.8 Å². The van der Waals surface area contributed by atoms with Gasteiger partial charge in [-0.3, -0.25) is 9.59 Å². The van der Waals surface area contributed by atoms with Crippen LogP contribution in [0, 0.1) is 11.7 Å². The Kier molecular flexibility index (Phi) is 6.34. The number of nitrogens with one attached hydrogen (secondary N) is 1. The number of rotatable bonds is 7. The van der Waals surface area contributed by atoms with E-state index in [0.29, 0.717) is 22.3 Å². The molecular formula is C28H26FN3O2S. The van der Waals surface area contributed by atoms with E-state index in [1.165, 1.54) is 19.1 Å². The van der Waals surface area contributed by atoms with Crippen LogP contribution < -0.4 is 5.32 Å². The molecule has 2 aromatic carbocycles. The lowest BCUT2D eigenvalue weighted by atomic mass is 9.95. The third-order valence-corrected chi connectivity index (χ3v) is 7.22. The molecule has 2 aromatic heterocycles. The van der Waals surface area contributed by atoms with Gasteiger partial charge in [-0.2, -0.15) is 11.3 Å². The highest BCUT2D eigenvalue weighted by Gasteiger charge is 2.35. The number of benzene rings is 2. The van der Waals surface area contributed by atoms with Crippen molar-refractivity contribution in [3.05, 3.63) is 87.9 Å². The van der Waals surface area contributed by atoms with Gasteiger partial charge in [0, 0.05) is 42.4 Å². The lowest BCUT2D eigenvalue weighted by molar-refractivity contribution is -0.128. The van der Waals surface area contributed by atoms with Gasteiger partial charge in [0.25, 0.3) is 5.91 Å². The molecule has 1 saturated carbocycles. The minimum absolute atomic E-state index is 0.101. The topological polar surface area (TPSA) is 62.3 Å². The second-order valence-electron chi connectivity index (χ2n) is 9.06. The molecular weight excluding hydrogens is 461 g/mol. The van der Waals surface area contributed by atoms with Gasteiger partial charge in [-0.1, -0.05) is 30.3 Å². The summed E-state index contributed by atoms with van der Waals surface area (Å²) in [5, 5.41) is 7.90. The fourth-order valence-corrected chi connectivity index (χ4v) is 5.11. The van der Waals surface area contributed by atoms with E-state index in [4.69, 9.17) is 4.98 Å². The number of thiophene rings is 1. The first-order chi connectivity index (χ1) is 16.9. The molecule has 4 aromatic rings. The van der Waals surface area contributed by atoms with Crippen molar-refractivity contribution in [2.24, 2.45) is 5.92 Å². The summed E-state index contributed by atoms with van der Waals surface area (Å²) in [6.45, 7) is 1.75. The Morgan fingerprint density at radius 3 is 2.66 bits per heavy atom. The minimum atomic E-state index is -0.319. The lowest BCUT2D eigenvalue weighted by Crippen LogP contribution is -2.32. The SMILES string of the molecule is CC(=O)N(C)Cc1c(-c2ccsc2)nc2ccccc2c1C(=O)N[C@H](c1cccc(F)c1)C1CC1. The summed E-state index contributed by atoms with van der Waals surface area (Å²) in [6, 6.07) is 15.7. The number of hydrogen-bond acceptors (Lipinski definition) is 4. The van der Waals surface area contributed by atoms with Crippen LogP contribution in [0.2, 0.25) is 0 Å². The normalized spacial score (nSPS) is 14.0. The Morgan fingerprint density at radius 1 is 1.17 bits per heavy atom. The summed E-state index contributed by atoms with van der Waals surface area (Å²) in [5.74, 6) is -0.390. The largest absolute Gasteiger partial charge is 0.345 e. The summed E-state index contributed by atoms with van der Waals surface area (Å²) in [7, 11) is 1.72. The molecule has 35 heavy (non-hydrogen) atoms. The van der Waals surface area contributed by atoms with Crippen LogP contribution in [0.5, 0.6) is 0 Å². The molecule has 2 heterocycles. The van der Waals surface area contributed by atoms with Crippen molar-refractivity contribution in [3.63, 3.8) is 0 Å². The third-order valence-electron chi connectivity index (χ3n) is 6.54. The van der Waals surface area contributed by atoms with Crippen LogP contribution in [-0.4, -0.2) is 28.7 Å². The third kappa shape index (κ3) is 4.82. The average molecular weight is 488 g/mol. The molecule has 1 aliphatic carbocycles. The van der Waals surface area contributed by atoms with E-state index in [1.807, 2.05) is 47.2 Å². The van der Waals surface area contributed by atoms with Crippen molar-refractivity contribution in [1.29, 1.82) is 0 Å². The van der Waals surface area contributed by atoms with E-state index in [1.54, 1.807) is 29.4 Å². The summed E-state index contributed by atoms with van der Waals surface area (Å²) < 4.78 is 14.0. The van der Waals surface area contributed by atoms with Gasteiger partial charge >= 0.3 is 0 Å². The van der Waals surface area contributed by atoms with Gasteiger partial charge in [0.1, 0.15) is 5.82 Å². The van der Waals surface area contributed by atoms with Crippen LogP contribution in [0.15, 0.2) is 65.4 Å². The molecule has 0 aliphatic heterocycles. The lowest BCUT2D eigenvalue weighted by Gasteiger charge is -2.24. The molecule has 1 N–H and O–H groups in total. The first-order valence-corrected chi connectivity index (χ1v) is 12.6. The van der Waals surface area contributed by atoms with Gasteiger partial charge in [-0.15, -0.1) is 0 Å². The summed E-state index contributed by atoms with van der Waals surface area (Å²) in [4.78, 5) is 32.7. The Morgan fingerprint density at radius 2 is 1.97 bits per heavy atom. The summed E-state index contributed by atoms with van der Waals surface area (Å²) >= 11 is 1.55. The molecule has 5 nitrogen and oxygen atoms in total. The summed E-state index contributed by atoms with van der Waals surface area (Å²) in [6.07, 6.45) is 1.97. The second kappa shape index (κ2) is 9.58. The van der Waals surface area contributed by atoms with Crippen LogP contribution in [0.4, 0.5) is 4.39 Å². The van der Waals surface area contributed by atoms with E-state index in [0.717, 1.165) is 29.4 Å². The molecule has 178 valence electrons. The maximum absolute atomic E-state index is 14.0. The number of fused-ring (bicyclic) bond motifs is 1. The second-order valence-corrected chi connectivity index (χ2v) is 9.84. The Balaban J connectivity index is 1.66. The van der Waals surface area contributed by atoms with Crippen molar-refractivity contribution >= 4 is 34.1 Å². The van der Waals surface area contributed by atoms with Crippen molar-refractivity contribution in [2.75, 3.05) is 7.05 Å². The van der Waals surface area contributed by atoms with Crippen LogP contribution in [0.25, 0.3) is 22.2 Å².